The summed E-state index contributed by atoms with van der Waals surface area (Å²) in [5.74, 6) is -2.24. The average Bonchev–Trinajstić information content (AvgIpc) is 3.75. The molecule has 12 atom stereocenters. The van der Waals surface area contributed by atoms with Gasteiger partial charge in [-0.2, -0.15) is 0 Å². The first-order chi connectivity index (χ1) is 29.9. The zero-order chi connectivity index (χ0) is 43.7. The van der Waals surface area contributed by atoms with E-state index in [1.165, 1.54) is 13.8 Å². The quantitative estimate of drug-likeness (QED) is 0.109. The molecule has 4 aliphatic rings. The highest BCUT2D eigenvalue weighted by Crippen LogP contribution is 2.41. The lowest BCUT2D eigenvalue weighted by molar-refractivity contribution is -0.352. The highest BCUT2D eigenvalue weighted by Gasteiger charge is 2.60. The van der Waals surface area contributed by atoms with Crippen LogP contribution in [0.2, 0.25) is 0 Å². The molecule has 4 aliphatic heterocycles. The van der Waals surface area contributed by atoms with Crippen LogP contribution in [0, 0.1) is 0 Å². The first kappa shape index (κ1) is 45.9. The summed E-state index contributed by atoms with van der Waals surface area (Å²) in [5.41, 5.74) is 1.12. The molecule has 15 nitrogen and oxygen atoms in total. The smallest absolute Gasteiger partial charge is 0.303 e. The average molecular weight is 863 g/mol. The third-order valence-corrected chi connectivity index (χ3v) is 10.9. The second-order valence-corrected chi connectivity index (χ2v) is 16.2. The molecule has 0 amide bonds. The van der Waals surface area contributed by atoms with E-state index in [0.717, 1.165) is 16.7 Å². The van der Waals surface area contributed by atoms with Gasteiger partial charge in [-0.3, -0.25) is 9.59 Å². The van der Waals surface area contributed by atoms with Gasteiger partial charge >= 0.3 is 11.9 Å². The van der Waals surface area contributed by atoms with E-state index >= 15 is 0 Å². The van der Waals surface area contributed by atoms with Crippen molar-refractivity contribution in [1.82, 2.24) is 0 Å². The normalized spacial score (nSPS) is 32.8. The maximum absolute atomic E-state index is 12.8. The van der Waals surface area contributed by atoms with E-state index in [4.69, 9.17) is 61.6 Å². The molecule has 0 aromatic heterocycles. The molecular weight excluding hydrogens is 805 g/mol. The monoisotopic (exact) mass is 862 g/mol. The molecule has 4 saturated heterocycles. The molecule has 0 spiro atoms. The molecule has 0 radical (unpaired) electrons. The van der Waals surface area contributed by atoms with Gasteiger partial charge in [0.05, 0.1) is 52.4 Å². The highest BCUT2D eigenvalue weighted by atomic mass is 16.8. The van der Waals surface area contributed by atoms with E-state index in [0.29, 0.717) is 0 Å². The summed E-state index contributed by atoms with van der Waals surface area (Å²) in [5, 5.41) is 0. The first-order valence-corrected chi connectivity index (χ1v) is 21.0. The number of hydrogen-bond donors (Lipinski definition) is 0. The van der Waals surface area contributed by atoms with Crippen LogP contribution >= 0.6 is 0 Å². The Morgan fingerprint density at radius 1 is 0.710 bits per heavy atom. The van der Waals surface area contributed by atoms with E-state index < -0.39 is 91.0 Å². The zero-order valence-electron chi connectivity index (χ0n) is 35.9. The third kappa shape index (κ3) is 11.5. The predicted octanol–water partition coefficient (Wildman–Crippen LogP) is 5.56. The zero-order valence-corrected chi connectivity index (χ0v) is 35.9. The van der Waals surface area contributed by atoms with Crippen LogP contribution in [0.15, 0.2) is 104 Å². The van der Waals surface area contributed by atoms with Crippen LogP contribution in [-0.2, 0) is 91.0 Å². The molecule has 0 N–H and O–H groups in total. The van der Waals surface area contributed by atoms with Gasteiger partial charge in [0.25, 0.3) is 0 Å². The maximum atomic E-state index is 12.8. The summed E-state index contributed by atoms with van der Waals surface area (Å²) in [7, 11) is 0. The van der Waals surface area contributed by atoms with Crippen LogP contribution in [0.25, 0.3) is 0 Å². The van der Waals surface area contributed by atoms with Crippen LogP contribution in [-0.4, -0.2) is 117 Å². The number of esters is 2. The number of hydrogen-bond acceptors (Lipinski definition) is 15. The standard InChI is InChI=1S/C47H58O15/c1-7-23-51-44-41-39(61-46(5,6)62-41)37(30(2)56-44)58-43-40(53-26-35-21-15-10-16-22-35)38(36(27-54-43)52-25-34-19-13-9-14-20-34)59-45-42(57-31(3)48)47(29-55-45,60-32(4)49)28-50-24-33-17-11-8-12-18-33/h7-22,30,36-45H,1,23-29H2,2-6H3/t30-,36-,37+,38?,39?,40?,41?,42-,43+,44-,45+,47?/m1/s1. The second-order valence-electron chi connectivity index (χ2n) is 16.2. The predicted molar refractivity (Wildman–Crippen MR) is 220 cm³/mol. The maximum Gasteiger partial charge on any atom is 0.303 e. The summed E-state index contributed by atoms with van der Waals surface area (Å²) in [6, 6.07) is 28.8. The number of carbonyl (C=O) groups excluding carboxylic acids is 2. The van der Waals surface area contributed by atoms with Crippen LogP contribution in [0.3, 0.4) is 0 Å². The fourth-order valence-electron chi connectivity index (χ4n) is 8.13. The molecule has 7 rings (SSSR count). The lowest BCUT2D eigenvalue weighted by Gasteiger charge is -2.46. The van der Waals surface area contributed by atoms with Gasteiger partial charge in [0.15, 0.2) is 36.4 Å². The third-order valence-electron chi connectivity index (χ3n) is 10.9. The summed E-state index contributed by atoms with van der Waals surface area (Å²) in [4.78, 5) is 25.6. The van der Waals surface area contributed by atoms with Crippen LogP contribution in [0.5, 0.6) is 0 Å². The minimum Gasteiger partial charge on any atom is -0.453 e. The largest absolute Gasteiger partial charge is 0.453 e. The summed E-state index contributed by atoms with van der Waals surface area (Å²) in [6.07, 6.45) is -8.05. The summed E-state index contributed by atoms with van der Waals surface area (Å²) >= 11 is 0. The van der Waals surface area contributed by atoms with Crippen molar-refractivity contribution >= 4 is 11.9 Å². The molecule has 62 heavy (non-hydrogen) atoms. The van der Waals surface area contributed by atoms with E-state index in [-0.39, 0.29) is 46.2 Å². The Morgan fingerprint density at radius 3 is 1.92 bits per heavy atom. The van der Waals surface area contributed by atoms with Gasteiger partial charge in [-0.15, -0.1) is 6.58 Å². The van der Waals surface area contributed by atoms with Crippen molar-refractivity contribution in [2.45, 2.75) is 134 Å². The van der Waals surface area contributed by atoms with Crippen molar-refractivity contribution in [2.75, 3.05) is 26.4 Å². The van der Waals surface area contributed by atoms with Crippen LogP contribution in [0.4, 0.5) is 0 Å². The topological polar surface area (TPSA) is 154 Å². The van der Waals surface area contributed by atoms with Crippen molar-refractivity contribution in [3.05, 3.63) is 120 Å². The molecule has 3 aromatic carbocycles. The number of carbonyl (C=O) groups is 2. The molecule has 0 aliphatic carbocycles. The minimum absolute atomic E-state index is 0.00241. The fourth-order valence-corrected chi connectivity index (χ4v) is 8.13. The highest BCUT2D eigenvalue weighted by molar-refractivity contribution is 5.68. The molecule has 5 unspecified atom stereocenters. The van der Waals surface area contributed by atoms with Gasteiger partial charge in [-0.1, -0.05) is 97.1 Å². The Kier molecular flexibility index (Phi) is 15.6. The van der Waals surface area contributed by atoms with Crippen LogP contribution in [0.1, 0.15) is 51.3 Å². The second kappa shape index (κ2) is 21.1. The Bertz CT molecular complexity index is 1880. The Balaban J connectivity index is 1.21. The summed E-state index contributed by atoms with van der Waals surface area (Å²) < 4.78 is 83.1. The Morgan fingerprint density at radius 2 is 1.31 bits per heavy atom. The van der Waals surface area contributed by atoms with Gasteiger partial charge < -0.3 is 61.6 Å². The number of rotatable bonds is 19. The molecule has 15 heteroatoms. The lowest BCUT2D eigenvalue weighted by atomic mass is 9.98. The lowest BCUT2D eigenvalue weighted by Crippen LogP contribution is -2.63. The van der Waals surface area contributed by atoms with E-state index in [9.17, 15) is 9.59 Å². The van der Waals surface area contributed by atoms with E-state index in [1.54, 1.807) is 6.08 Å². The van der Waals surface area contributed by atoms with Crippen molar-refractivity contribution in [3.8, 4) is 0 Å². The van der Waals surface area contributed by atoms with E-state index in [1.807, 2.05) is 112 Å². The first-order valence-electron chi connectivity index (χ1n) is 21.0. The Labute approximate surface area is 362 Å². The van der Waals surface area contributed by atoms with Crippen molar-refractivity contribution in [1.29, 1.82) is 0 Å². The molecule has 4 fully saturated rings. The van der Waals surface area contributed by atoms with Gasteiger partial charge in [0.1, 0.15) is 36.6 Å². The van der Waals surface area contributed by atoms with Crippen molar-refractivity contribution in [3.63, 3.8) is 0 Å². The van der Waals surface area contributed by atoms with E-state index in [2.05, 4.69) is 6.58 Å². The number of fused-ring (bicyclic) bond motifs is 1. The molecule has 0 bridgehead atoms. The molecule has 0 saturated carbocycles. The Hall–Kier alpha value is -4.10. The van der Waals surface area contributed by atoms with Gasteiger partial charge in [-0.05, 0) is 37.5 Å². The fraction of sp³-hybridized carbons (Fsp3) is 0.532. The SMILES string of the molecule is C=CCO[C@@H]1O[C@H](C)[C@H](O[C@@H]2OC[C@@H](OCc3ccccc3)C(O[C@@H]3OCC(COCc4ccccc4)(OC(C)=O)[C@@H]3OC(C)=O)C2OCc2ccccc2)C2OC(C)(C)OC21. The summed E-state index contributed by atoms with van der Waals surface area (Å²) in [6.45, 7) is 12.2. The van der Waals surface area contributed by atoms with Crippen molar-refractivity contribution in [2.24, 2.45) is 0 Å². The molecule has 336 valence electrons. The molecular formula is C47H58O15. The van der Waals surface area contributed by atoms with Gasteiger partial charge in [0, 0.05) is 13.8 Å². The molecule has 4 heterocycles. The number of benzene rings is 3. The van der Waals surface area contributed by atoms with Gasteiger partial charge in [-0.25, -0.2) is 0 Å². The van der Waals surface area contributed by atoms with Gasteiger partial charge in [0.2, 0.25) is 0 Å². The molecule has 3 aromatic rings. The minimum atomic E-state index is -1.57. The van der Waals surface area contributed by atoms with Crippen molar-refractivity contribution < 1.29 is 71.2 Å². The van der Waals surface area contributed by atoms with Crippen LogP contribution < -0.4 is 0 Å². The number of ether oxygens (including phenoxy) is 13.